The van der Waals surface area contributed by atoms with Crippen molar-refractivity contribution in [3.05, 3.63) is 117 Å². The van der Waals surface area contributed by atoms with Gasteiger partial charge in [0.1, 0.15) is 11.5 Å². The fourth-order valence-electron chi connectivity index (χ4n) is 7.05. The number of carbonyl (C=O) groups excluding carboxylic acids is 2. The number of anilines is 2. The molecule has 0 heterocycles. The van der Waals surface area contributed by atoms with Gasteiger partial charge in [-0.1, -0.05) is 126 Å². The first-order valence-electron chi connectivity index (χ1n) is 22.2. The summed E-state index contributed by atoms with van der Waals surface area (Å²) in [7, 11) is -3.66. The molecule has 0 fully saturated rings. The predicted octanol–water partition coefficient (Wildman–Crippen LogP) is 14.6. The second-order valence-electron chi connectivity index (χ2n) is 22.6. The zero-order valence-corrected chi connectivity index (χ0v) is 43.5. The van der Waals surface area contributed by atoms with Crippen molar-refractivity contribution in [2.75, 3.05) is 16.8 Å². The van der Waals surface area contributed by atoms with E-state index in [9.17, 15) is 9.59 Å². The fourth-order valence-corrected chi connectivity index (χ4v) is 8.75. The summed E-state index contributed by atoms with van der Waals surface area (Å²) < 4.78 is 13.4. The normalized spacial score (nSPS) is 12.6. The Balaban J connectivity index is 0.000000327. The van der Waals surface area contributed by atoms with Gasteiger partial charge in [0, 0.05) is 53.3 Å². The Morgan fingerprint density at radius 1 is 0.574 bits per heavy atom. The van der Waals surface area contributed by atoms with E-state index >= 15 is 0 Å². The summed E-state index contributed by atoms with van der Waals surface area (Å²) in [6.07, 6.45) is 2.86. The highest BCUT2D eigenvalue weighted by molar-refractivity contribution is 6.70. The smallest absolute Gasteiger partial charge is 0.242 e. The van der Waals surface area contributed by atoms with Crippen LogP contribution in [0.4, 0.5) is 11.4 Å². The van der Waals surface area contributed by atoms with Crippen LogP contribution in [0.25, 0.3) is 0 Å². The monoisotopic (exact) mass is 865 g/mol. The van der Waals surface area contributed by atoms with Gasteiger partial charge in [-0.2, -0.15) is 0 Å². The summed E-state index contributed by atoms with van der Waals surface area (Å²) >= 11 is 0. The van der Waals surface area contributed by atoms with Crippen LogP contribution in [0.15, 0.2) is 72.8 Å². The summed E-state index contributed by atoms with van der Waals surface area (Å²) in [6, 6.07) is 24.8. The molecule has 61 heavy (non-hydrogen) atoms. The summed E-state index contributed by atoms with van der Waals surface area (Å²) in [4.78, 5) is 25.5. The Hall–Kier alpha value is -4.15. The van der Waals surface area contributed by atoms with Crippen LogP contribution in [0, 0.1) is 0 Å². The van der Waals surface area contributed by atoms with E-state index in [0.717, 1.165) is 59.5 Å². The minimum Gasteiger partial charge on any atom is -0.544 e. The van der Waals surface area contributed by atoms with E-state index in [2.05, 4.69) is 170 Å². The van der Waals surface area contributed by atoms with Crippen LogP contribution in [0.3, 0.4) is 0 Å². The van der Waals surface area contributed by atoms with E-state index in [1.54, 1.807) is 0 Å². The Bertz CT molecular complexity index is 2100. The number of rotatable bonds is 14. The highest BCUT2D eigenvalue weighted by Gasteiger charge is 2.31. The van der Waals surface area contributed by atoms with Crippen molar-refractivity contribution in [2.24, 2.45) is 0 Å². The molecule has 4 aromatic rings. The topological polar surface area (TPSA) is 67.9 Å². The van der Waals surface area contributed by atoms with Gasteiger partial charge in [0.05, 0.1) is 0 Å². The lowest BCUT2D eigenvalue weighted by molar-refractivity contribution is 0.111. The van der Waals surface area contributed by atoms with Crippen LogP contribution in [0.5, 0.6) is 11.5 Å². The second kappa shape index (κ2) is 19.9. The molecule has 4 aromatic carbocycles. The Labute approximate surface area is 373 Å². The molecule has 0 aliphatic rings. The van der Waals surface area contributed by atoms with Crippen LogP contribution in [0.1, 0.15) is 151 Å². The molecule has 0 radical (unpaired) electrons. The van der Waals surface area contributed by atoms with Crippen LogP contribution in [-0.4, -0.2) is 35.8 Å². The molecule has 4 rings (SSSR count). The van der Waals surface area contributed by atoms with Crippen molar-refractivity contribution < 1.29 is 18.4 Å². The van der Waals surface area contributed by atoms with Crippen molar-refractivity contribution >= 4 is 40.6 Å². The van der Waals surface area contributed by atoms with E-state index in [0.29, 0.717) is 18.7 Å². The van der Waals surface area contributed by atoms with Crippen molar-refractivity contribution in [1.29, 1.82) is 0 Å². The molecular weight excluding hydrogens is 785 g/mol. The van der Waals surface area contributed by atoms with Crippen LogP contribution >= 0.6 is 0 Å². The first-order chi connectivity index (χ1) is 27.9. The molecule has 0 atom stereocenters. The van der Waals surface area contributed by atoms with Crippen molar-refractivity contribution in [1.82, 2.24) is 0 Å². The molecule has 0 unspecified atom stereocenters. The summed E-state index contributed by atoms with van der Waals surface area (Å²) in [6.45, 7) is 44.8. The predicted molar refractivity (Wildman–Crippen MR) is 268 cm³/mol. The van der Waals surface area contributed by atoms with E-state index in [-0.39, 0.29) is 21.7 Å². The van der Waals surface area contributed by atoms with E-state index in [1.165, 1.54) is 27.8 Å². The van der Waals surface area contributed by atoms with Gasteiger partial charge in [-0.05, 0) is 126 Å². The molecular formula is C53H80N2O4Si2. The number of nitrogens with one attached hydrogen (secondary N) is 1. The highest BCUT2D eigenvalue weighted by Crippen LogP contribution is 2.42. The maximum absolute atomic E-state index is 11.8. The van der Waals surface area contributed by atoms with Gasteiger partial charge >= 0.3 is 0 Å². The van der Waals surface area contributed by atoms with Gasteiger partial charge in [-0.3, -0.25) is 9.59 Å². The number of para-hydroxylation sites is 2. The van der Waals surface area contributed by atoms with Gasteiger partial charge in [-0.25, -0.2) is 0 Å². The summed E-state index contributed by atoms with van der Waals surface area (Å²) in [5.41, 5.74) is 10.7. The van der Waals surface area contributed by atoms with E-state index in [4.69, 9.17) is 8.85 Å². The third-order valence-corrected chi connectivity index (χ3v) is 11.9. The van der Waals surface area contributed by atoms with Crippen LogP contribution < -0.4 is 19.1 Å². The summed E-state index contributed by atoms with van der Waals surface area (Å²) in [5.74, 6) is 2.04. The van der Waals surface area contributed by atoms with Gasteiger partial charge in [-0.15, -0.1) is 0 Å². The molecule has 0 aliphatic carbocycles. The van der Waals surface area contributed by atoms with Gasteiger partial charge < -0.3 is 19.1 Å². The molecule has 0 amide bonds. The zero-order valence-electron chi connectivity index (χ0n) is 41.5. The number of carbonyl (C=O) groups is 2. The first-order valence-corrected chi connectivity index (χ1v) is 29.0. The maximum atomic E-state index is 11.8. The molecule has 0 saturated carbocycles. The third kappa shape index (κ3) is 15.0. The molecule has 8 heteroatoms. The molecule has 0 aliphatic heterocycles. The lowest BCUT2D eigenvalue weighted by Gasteiger charge is -2.34. The van der Waals surface area contributed by atoms with Crippen molar-refractivity contribution in [3.8, 4) is 11.5 Å². The van der Waals surface area contributed by atoms with E-state index in [1.807, 2.05) is 42.5 Å². The Morgan fingerprint density at radius 2 is 1.00 bits per heavy atom. The molecule has 0 bridgehead atoms. The fraction of sp³-hybridized carbons (Fsp3) is 0.509. The minimum atomic E-state index is -1.84. The highest BCUT2D eigenvalue weighted by atomic mass is 28.4. The largest absolute Gasteiger partial charge is 0.544 e. The SMILES string of the molecule is CC(C)(C)c1cc(CNc2ccccc2C=O)c(O[Si](C)(C)C)c(C(C)(C)C)c1.CCCN(Cc1cc(C(C)(C)C)cc(C(C)(C)C)c1O[Si](C)(C)C)c1ccccc1C=O. The van der Waals surface area contributed by atoms with Crippen molar-refractivity contribution in [2.45, 2.75) is 170 Å². The number of hydrogen-bond donors (Lipinski definition) is 1. The van der Waals surface area contributed by atoms with Crippen LogP contribution in [0.2, 0.25) is 39.3 Å². The van der Waals surface area contributed by atoms with Crippen molar-refractivity contribution in [3.63, 3.8) is 0 Å². The van der Waals surface area contributed by atoms with Gasteiger partial charge in [0.25, 0.3) is 0 Å². The first kappa shape index (κ1) is 51.2. The Kier molecular flexibility index (Phi) is 16.7. The average Bonchev–Trinajstić information content (AvgIpc) is 3.12. The standard InChI is InChI=1S/C28H43NO2Si.C25H37NO2Si/c1-11-16-29(25-15-13-12-14-21(25)20-30)19-22-17-23(27(2,3)4)18-24(28(5,6)7)26(22)31-32(8,9)10;1-24(2,3)20-14-19(16-26-22-13-11-10-12-18(22)17-27)23(28-29(7,8)9)21(15-20)25(4,5)6/h12-15,17-18,20H,11,16,19H2,1-10H3;10-15,17,26H,16H2,1-9H3. The number of benzene rings is 4. The lowest BCUT2D eigenvalue weighted by Crippen LogP contribution is -2.33. The zero-order chi connectivity index (χ0) is 46.4. The molecule has 0 aromatic heterocycles. The molecule has 0 saturated heterocycles. The molecule has 1 N–H and O–H groups in total. The third-order valence-electron chi connectivity index (χ3n) is 10.3. The lowest BCUT2D eigenvalue weighted by atomic mass is 9.79. The average molecular weight is 865 g/mol. The number of aldehydes is 2. The van der Waals surface area contributed by atoms with Crippen LogP contribution in [-0.2, 0) is 34.7 Å². The molecule has 0 spiro atoms. The van der Waals surface area contributed by atoms with E-state index < -0.39 is 16.6 Å². The minimum absolute atomic E-state index is 0.0305. The summed E-state index contributed by atoms with van der Waals surface area (Å²) in [5, 5.41) is 3.47. The molecule has 334 valence electrons. The van der Waals surface area contributed by atoms with Gasteiger partial charge in [0.15, 0.2) is 12.6 Å². The maximum Gasteiger partial charge on any atom is 0.242 e. The number of hydrogen-bond acceptors (Lipinski definition) is 6. The number of nitrogens with zero attached hydrogens (tertiary/aromatic N) is 1. The van der Waals surface area contributed by atoms with Gasteiger partial charge in [0.2, 0.25) is 16.6 Å². The molecule has 6 nitrogen and oxygen atoms in total. The second-order valence-corrected chi connectivity index (χ2v) is 31.5. The quantitative estimate of drug-likeness (QED) is 0.101. The Morgan fingerprint density at radius 3 is 1.43 bits per heavy atom.